The summed E-state index contributed by atoms with van der Waals surface area (Å²) in [6, 6.07) is 12.4. The summed E-state index contributed by atoms with van der Waals surface area (Å²) in [6.45, 7) is 0. The molecule has 112 valence electrons. The van der Waals surface area contributed by atoms with Crippen molar-refractivity contribution in [1.82, 2.24) is 0 Å². The van der Waals surface area contributed by atoms with E-state index in [9.17, 15) is 4.39 Å². The van der Waals surface area contributed by atoms with Crippen LogP contribution in [0.5, 0.6) is 0 Å². The molecule has 0 saturated carbocycles. The molecule has 21 heavy (non-hydrogen) atoms. The Morgan fingerprint density at radius 3 is 2.24 bits per heavy atom. The summed E-state index contributed by atoms with van der Waals surface area (Å²) in [5.74, 6) is 0.197. The van der Waals surface area contributed by atoms with Gasteiger partial charge in [-0.2, -0.15) is 0 Å². The molecule has 0 saturated heterocycles. The van der Waals surface area contributed by atoms with E-state index in [4.69, 9.17) is 34.8 Å². The third-order valence-electron chi connectivity index (χ3n) is 3.53. The first kappa shape index (κ1) is 17.1. The van der Waals surface area contributed by atoms with Crippen molar-refractivity contribution in [3.05, 3.63) is 68.9 Å². The SMILES string of the molecule is Fc1cccc(Cl)c1CC(CCl)(CCl)c1ccccc1Br. The van der Waals surface area contributed by atoms with Crippen molar-refractivity contribution < 1.29 is 4.39 Å². The monoisotopic (exact) mass is 408 g/mol. The smallest absolute Gasteiger partial charge is 0.127 e. The molecule has 0 spiro atoms. The molecule has 2 aromatic rings. The van der Waals surface area contributed by atoms with Gasteiger partial charge in [0.15, 0.2) is 0 Å². The molecule has 2 rings (SSSR count). The molecular weight excluding hydrogens is 397 g/mol. The quantitative estimate of drug-likeness (QED) is 0.515. The Kier molecular flexibility index (Phi) is 5.96. The minimum atomic E-state index is -0.588. The van der Waals surface area contributed by atoms with Crippen molar-refractivity contribution >= 4 is 50.7 Å². The molecule has 0 nitrogen and oxygen atoms in total. The molecule has 0 fully saturated rings. The second-order valence-electron chi connectivity index (χ2n) is 4.90. The lowest BCUT2D eigenvalue weighted by Crippen LogP contribution is -2.34. The number of hydrogen-bond donors (Lipinski definition) is 0. The fraction of sp³-hybridized carbons (Fsp3) is 0.250. The molecule has 2 aromatic carbocycles. The van der Waals surface area contributed by atoms with Gasteiger partial charge in [-0.05, 0) is 30.2 Å². The van der Waals surface area contributed by atoms with Crippen LogP contribution in [0.4, 0.5) is 4.39 Å². The van der Waals surface area contributed by atoms with E-state index in [1.807, 2.05) is 24.3 Å². The predicted molar refractivity (Wildman–Crippen MR) is 92.4 cm³/mol. The lowest BCUT2D eigenvalue weighted by Gasteiger charge is -2.32. The first-order valence-electron chi connectivity index (χ1n) is 6.34. The van der Waals surface area contributed by atoms with Crippen molar-refractivity contribution in [2.75, 3.05) is 11.8 Å². The van der Waals surface area contributed by atoms with Gasteiger partial charge in [0.1, 0.15) is 5.82 Å². The first-order valence-corrected chi connectivity index (χ1v) is 8.58. The zero-order chi connectivity index (χ0) is 15.5. The van der Waals surface area contributed by atoms with Crippen LogP contribution >= 0.6 is 50.7 Å². The Labute approximate surface area is 147 Å². The maximum atomic E-state index is 14.1. The van der Waals surface area contributed by atoms with Crippen molar-refractivity contribution in [3.63, 3.8) is 0 Å². The zero-order valence-electron chi connectivity index (χ0n) is 11.1. The third kappa shape index (κ3) is 3.56. The summed E-state index contributed by atoms with van der Waals surface area (Å²) in [7, 11) is 0. The van der Waals surface area contributed by atoms with Crippen LogP contribution in [0.25, 0.3) is 0 Å². The zero-order valence-corrected chi connectivity index (χ0v) is 14.9. The van der Waals surface area contributed by atoms with Gasteiger partial charge in [-0.25, -0.2) is 4.39 Å². The van der Waals surface area contributed by atoms with Gasteiger partial charge < -0.3 is 0 Å². The van der Waals surface area contributed by atoms with Gasteiger partial charge >= 0.3 is 0 Å². The molecule has 0 heterocycles. The van der Waals surface area contributed by atoms with Crippen LogP contribution in [0.15, 0.2) is 46.9 Å². The Morgan fingerprint density at radius 1 is 1.00 bits per heavy atom. The third-order valence-corrected chi connectivity index (χ3v) is 5.60. The fourth-order valence-electron chi connectivity index (χ4n) is 2.30. The lowest BCUT2D eigenvalue weighted by molar-refractivity contribution is 0.510. The van der Waals surface area contributed by atoms with Gasteiger partial charge in [0.25, 0.3) is 0 Å². The van der Waals surface area contributed by atoms with Gasteiger partial charge in [0.05, 0.1) is 0 Å². The van der Waals surface area contributed by atoms with Crippen molar-refractivity contribution in [2.45, 2.75) is 11.8 Å². The van der Waals surface area contributed by atoms with E-state index in [0.717, 1.165) is 10.0 Å². The van der Waals surface area contributed by atoms with E-state index in [1.54, 1.807) is 12.1 Å². The number of alkyl halides is 2. The van der Waals surface area contributed by atoms with Gasteiger partial charge in [-0.3, -0.25) is 0 Å². The summed E-state index contributed by atoms with van der Waals surface area (Å²) in [5, 5.41) is 0.390. The highest BCUT2D eigenvalue weighted by molar-refractivity contribution is 9.10. The van der Waals surface area contributed by atoms with Crippen LogP contribution in [-0.2, 0) is 11.8 Å². The van der Waals surface area contributed by atoms with E-state index in [-0.39, 0.29) is 17.6 Å². The molecule has 0 aromatic heterocycles. The molecule has 0 bridgehead atoms. The summed E-state index contributed by atoms with van der Waals surface area (Å²) in [6.07, 6.45) is 0.341. The number of benzene rings is 2. The molecule has 0 aliphatic rings. The van der Waals surface area contributed by atoms with Gasteiger partial charge in [0, 0.05) is 32.2 Å². The molecule has 0 aliphatic carbocycles. The number of halogens is 5. The fourth-order valence-corrected chi connectivity index (χ4v) is 4.00. The second-order valence-corrected chi connectivity index (χ2v) is 6.70. The van der Waals surface area contributed by atoms with Crippen LogP contribution in [0.3, 0.4) is 0 Å². The van der Waals surface area contributed by atoms with Crippen LogP contribution in [0.2, 0.25) is 5.02 Å². The molecule has 5 heteroatoms. The number of rotatable bonds is 5. The van der Waals surface area contributed by atoms with Gasteiger partial charge in [0.2, 0.25) is 0 Å². The Balaban J connectivity index is 2.51. The second kappa shape index (κ2) is 7.32. The molecule has 0 N–H and O–H groups in total. The normalized spacial score (nSPS) is 11.7. The predicted octanol–water partition coefficient (Wildman–Crippen LogP) is 6.20. The number of hydrogen-bond acceptors (Lipinski definition) is 0. The minimum absolute atomic E-state index is 0.268. The molecule has 0 radical (unpaired) electrons. The standard InChI is InChI=1S/C16H13BrCl3F/c17-13-5-2-1-4-12(13)16(9-18,10-19)8-11-14(20)6-3-7-15(11)21/h1-7H,8-10H2. The Hall–Kier alpha value is -0.280. The summed E-state index contributed by atoms with van der Waals surface area (Å²) in [5.41, 5.74) is 0.806. The minimum Gasteiger partial charge on any atom is -0.207 e. The van der Waals surface area contributed by atoms with Crippen LogP contribution in [-0.4, -0.2) is 11.8 Å². The van der Waals surface area contributed by atoms with E-state index in [2.05, 4.69) is 15.9 Å². The maximum Gasteiger partial charge on any atom is 0.127 e. The van der Waals surface area contributed by atoms with Gasteiger partial charge in [-0.15, -0.1) is 23.2 Å². The van der Waals surface area contributed by atoms with Crippen molar-refractivity contribution in [2.24, 2.45) is 0 Å². The van der Waals surface area contributed by atoms with E-state index < -0.39 is 5.41 Å². The van der Waals surface area contributed by atoms with Crippen LogP contribution in [0.1, 0.15) is 11.1 Å². The Morgan fingerprint density at radius 2 is 1.67 bits per heavy atom. The van der Waals surface area contributed by atoms with E-state index in [0.29, 0.717) is 17.0 Å². The van der Waals surface area contributed by atoms with Crippen LogP contribution in [0, 0.1) is 5.82 Å². The highest BCUT2D eigenvalue weighted by atomic mass is 79.9. The summed E-state index contributed by atoms with van der Waals surface area (Å²) >= 11 is 22.1. The average Bonchev–Trinajstić information content (AvgIpc) is 2.49. The topological polar surface area (TPSA) is 0 Å². The summed E-state index contributed by atoms with van der Waals surface area (Å²) < 4.78 is 15.0. The van der Waals surface area contributed by atoms with Crippen LogP contribution < -0.4 is 0 Å². The highest BCUT2D eigenvalue weighted by Crippen LogP contribution is 2.38. The van der Waals surface area contributed by atoms with E-state index in [1.165, 1.54) is 6.07 Å². The molecule has 0 atom stereocenters. The van der Waals surface area contributed by atoms with Crippen molar-refractivity contribution in [1.29, 1.82) is 0 Å². The highest BCUT2D eigenvalue weighted by Gasteiger charge is 2.34. The van der Waals surface area contributed by atoms with Crippen molar-refractivity contribution in [3.8, 4) is 0 Å². The molecule has 0 unspecified atom stereocenters. The largest absolute Gasteiger partial charge is 0.207 e. The summed E-state index contributed by atoms with van der Waals surface area (Å²) in [4.78, 5) is 0. The first-order chi connectivity index (χ1) is 10.0. The van der Waals surface area contributed by atoms with Gasteiger partial charge in [-0.1, -0.05) is 51.8 Å². The maximum absolute atomic E-state index is 14.1. The lowest BCUT2D eigenvalue weighted by atomic mass is 9.78. The Bertz CT molecular complexity index is 606. The molecular formula is C16H13BrCl3F. The molecule has 0 amide bonds. The average molecular weight is 411 g/mol. The molecule has 0 aliphatic heterocycles. The van der Waals surface area contributed by atoms with E-state index >= 15 is 0 Å².